The summed E-state index contributed by atoms with van der Waals surface area (Å²) in [6.07, 6.45) is 1.07. The van der Waals surface area contributed by atoms with Crippen LogP contribution in [0.3, 0.4) is 0 Å². The van der Waals surface area contributed by atoms with Crippen molar-refractivity contribution in [3.8, 4) is 0 Å². The highest BCUT2D eigenvalue weighted by atomic mass is 16.3. The third-order valence-electron chi connectivity index (χ3n) is 2.62. The molecule has 0 spiro atoms. The van der Waals surface area contributed by atoms with Crippen molar-refractivity contribution in [3.05, 3.63) is 34.9 Å². The molecular weight excluding hydrogens is 162 g/mol. The largest absolute Gasteiger partial charge is 0.392 e. The van der Waals surface area contributed by atoms with E-state index in [4.69, 9.17) is 5.11 Å². The van der Waals surface area contributed by atoms with Crippen LogP contribution in [-0.4, -0.2) is 11.1 Å². The first-order chi connectivity index (χ1) is 6.29. The Morgan fingerprint density at radius 3 is 3.08 bits per heavy atom. The molecule has 1 unspecified atom stereocenters. The van der Waals surface area contributed by atoms with E-state index in [0.29, 0.717) is 6.04 Å². The second kappa shape index (κ2) is 3.48. The van der Waals surface area contributed by atoms with Gasteiger partial charge in [-0.05, 0) is 30.0 Å². The van der Waals surface area contributed by atoms with Crippen molar-refractivity contribution in [3.63, 3.8) is 0 Å². The van der Waals surface area contributed by atoms with Gasteiger partial charge in [0.15, 0.2) is 0 Å². The maximum atomic E-state index is 8.99. The van der Waals surface area contributed by atoms with E-state index in [1.54, 1.807) is 0 Å². The summed E-state index contributed by atoms with van der Waals surface area (Å²) in [6, 6.07) is 6.78. The normalized spacial score (nSPS) is 21.2. The first-order valence-electron chi connectivity index (χ1n) is 4.74. The Hall–Kier alpha value is -0.860. The van der Waals surface area contributed by atoms with Crippen molar-refractivity contribution in [2.75, 3.05) is 0 Å². The van der Waals surface area contributed by atoms with E-state index in [1.807, 2.05) is 6.07 Å². The molecule has 0 aliphatic carbocycles. The van der Waals surface area contributed by atoms with Crippen molar-refractivity contribution in [2.24, 2.45) is 0 Å². The Balaban J connectivity index is 2.32. The fourth-order valence-corrected chi connectivity index (χ4v) is 1.83. The van der Waals surface area contributed by atoms with E-state index in [2.05, 4.69) is 24.4 Å². The highest BCUT2D eigenvalue weighted by Gasteiger charge is 2.13. The molecule has 2 nitrogen and oxygen atoms in total. The predicted octanol–water partition coefficient (Wildman–Crippen LogP) is 1.21. The van der Waals surface area contributed by atoms with Crippen molar-refractivity contribution >= 4 is 0 Å². The van der Waals surface area contributed by atoms with Crippen LogP contribution in [0.2, 0.25) is 0 Å². The molecule has 0 amide bonds. The highest BCUT2D eigenvalue weighted by Crippen LogP contribution is 2.18. The van der Waals surface area contributed by atoms with Gasteiger partial charge in [-0.25, -0.2) is 0 Å². The van der Waals surface area contributed by atoms with E-state index in [9.17, 15) is 0 Å². The Morgan fingerprint density at radius 1 is 1.46 bits per heavy atom. The summed E-state index contributed by atoms with van der Waals surface area (Å²) in [5.74, 6) is 0. The molecule has 0 saturated heterocycles. The third-order valence-corrected chi connectivity index (χ3v) is 2.62. The number of hydrogen-bond acceptors (Lipinski definition) is 2. The van der Waals surface area contributed by atoms with Gasteiger partial charge in [-0.2, -0.15) is 0 Å². The van der Waals surface area contributed by atoms with Crippen molar-refractivity contribution in [1.29, 1.82) is 0 Å². The van der Waals surface area contributed by atoms with Crippen molar-refractivity contribution < 1.29 is 5.11 Å². The van der Waals surface area contributed by atoms with Gasteiger partial charge in [0.2, 0.25) is 0 Å². The minimum atomic E-state index is 0.148. The molecule has 1 atom stereocenters. The average Bonchev–Trinajstić information content (AvgIpc) is 2.16. The first-order valence-corrected chi connectivity index (χ1v) is 4.74. The summed E-state index contributed by atoms with van der Waals surface area (Å²) in [5.41, 5.74) is 3.78. The number of rotatable bonds is 1. The summed E-state index contributed by atoms with van der Waals surface area (Å²) in [6.45, 7) is 3.30. The summed E-state index contributed by atoms with van der Waals surface area (Å²) >= 11 is 0. The lowest BCUT2D eigenvalue weighted by Gasteiger charge is -2.23. The van der Waals surface area contributed by atoms with Gasteiger partial charge in [0.1, 0.15) is 0 Å². The van der Waals surface area contributed by atoms with Crippen LogP contribution in [-0.2, 0) is 19.6 Å². The van der Waals surface area contributed by atoms with E-state index in [0.717, 1.165) is 18.5 Å². The number of nitrogens with one attached hydrogen (secondary N) is 1. The molecule has 13 heavy (non-hydrogen) atoms. The number of fused-ring (bicyclic) bond motifs is 1. The molecule has 1 aromatic rings. The molecule has 1 aliphatic heterocycles. The second-order valence-electron chi connectivity index (χ2n) is 3.75. The number of aliphatic hydroxyl groups excluding tert-OH is 1. The quantitative estimate of drug-likeness (QED) is 0.676. The standard InChI is InChI=1S/C11H15NO/c1-8-4-11-5-9(7-13)2-3-10(11)6-12-8/h2-3,5,8,12-13H,4,6-7H2,1H3. The maximum absolute atomic E-state index is 8.99. The Bertz CT molecular complexity index is 309. The Kier molecular flexibility index (Phi) is 2.34. The molecule has 0 bridgehead atoms. The van der Waals surface area contributed by atoms with Crippen LogP contribution in [0.25, 0.3) is 0 Å². The van der Waals surface area contributed by atoms with Crippen LogP contribution >= 0.6 is 0 Å². The molecule has 0 saturated carbocycles. The lowest BCUT2D eigenvalue weighted by Crippen LogP contribution is -2.32. The predicted molar refractivity (Wildman–Crippen MR) is 52.4 cm³/mol. The van der Waals surface area contributed by atoms with E-state index in [1.165, 1.54) is 11.1 Å². The summed E-state index contributed by atoms with van der Waals surface area (Å²) in [5, 5.41) is 12.4. The molecule has 2 rings (SSSR count). The fourth-order valence-electron chi connectivity index (χ4n) is 1.83. The van der Waals surface area contributed by atoms with Gasteiger partial charge in [0.25, 0.3) is 0 Å². The monoisotopic (exact) mass is 177 g/mol. The van der Waals surface area contributed by atoms with Gasteiger partial charge in [0, 0.05) is 12.6 Å². The zero-order valence-electron chi connectivity index (χ0n) is 7.88. The molecule has 1 aliphatic rings. The number of benzene rings is 1. The van der Waals surface area contributed by atoms with Gasteiger partial charge in [0.05, 0.1) is 6.61 Å². The van der Waals surface area contributed by atoms with Crippen molar-refractivity contribution in [1.82, 2.24) is 5.32 Å². The minimum Gasteiger partial charge on any atom is -0.392 e. The molecular formula is C11H15NO. The van der Waals surface area contributed by atoms with Crippen LogP contribution < -0.4 is 5.32 Å². The maximum Gasteiger partial charge on any atom is 0.0681 e. The van der Waals surface area contributed by atoms with Crippen LogP contribution in [0, 0.1) is 0 Å². The molecule has 1 aromatic carbocycles. The molecule has 0 aromatic heterocycles. The average molecular weight is 177 g/mol. The van der Waals surface area contributed by atoms with Crippen LogP contribution in [0.5, 0.6) is 0 Å². The highest BCUT2D eigenvalue weighted by molar-refractivity contribution is 5.34. The Morgan fingerprint density at radius 2 is 2.31 bits per heavy atom. The van der Waals surface area contributed by atoms with E-state index < -0.39 is 0 Å². The third kappa shape index (κ3) is 1.74. The zero-order valence-corrected chi connectivity index (χ0v) is 7.88. The van der Waals surface area contributed by atoms with Gasteiger partial charge in [-0.3, -0.25) is 0 Å². The summed E-state index contributed by atoms with van der Waals surface area (Å²) < 4.78 is 0. The lowest BCUT2D eigenvalue weighted by atomic mass is 9.95. The molecule has 0 radical (unpaired) electrons. The molecule has 2 heteroatoms. The van der Waals surface area contributed by atoms with Crippen LogP contribution in [0.15, 0.2) is 18.2 Å². The van der Waals surface area contributed by atoms with Crippen molar-refractivity contribution in [2.45, 2.75) is 32.5 Å². The summed E-state index contributed by atoms with van der Waals surface area (Å²) in [4.78, 5) is 0. The fraction of sp³-hybridized carbons (Fsp3) is 0.455. The topological polar surface area (TPSA) is 32.3 Å². The number of aliphatic hydroxyl groups is 1. The number of hydrogen-bond donors (Lipinski definition) is 2. The zero-order chi connectivity index (χ0) is 9.26. The lowest BCUT2D eigenvalue weighted by molar-refractivity contribution is 0.281. The Labute approximate surface area is 78.6 Å². The van der Waals surface area contributed by atoms with Crippen LogP contribution in [0.1, 0.15) is 23.6 Å². The SMILES string of the molecule is CC1Cc2cc(CO)ccc2CN1. The minimum absolute atomic E-state index is 0.148. The molecule has 1 heterocycles. The van der Waals surface area contributed by atoms with Crippen LogP contribution in [0.4, 0.5) is 0 Å². The van der Waals surface area contributed by atoms with E-state index in [-0.39, 0.29) is 6.61 Å². The smallest absolute Gasteiger partial charge is 0.0681 e. The van der Waals surface area contributed by atoms with E-state index >= 15 is 0 Å². The molecule has 0 fully saturated rings. The molecule has 2 N–H and O–H groups in total. The first kappa shape index (κ1) is 8.73. The van der Waals surface area contributed by atoms with Gasteiger partial charge in [-0.1, -0.05) is 18.2 Å². The van der Waals surface area contributed by atoms with Gasteiger partial charge >= 0.3 is 0 Å². The second-order valence-corrected chi connectivity index (χ2v) is 3.75. The summed E-state index contributed by atoms with van der Waals surface area (Å²) in [7, 11) is 0. The van der Waals surface area contributed by atoms with Gasteiger partial charge < -0.3 is 10.4 Å². The molecule has 70 valence electrons. The van der Waals surface area contributed by atoms with Gasteiger partial charge in [-0.15, -0.1) is 0 Å².